The lowest BCUT2D eigenvalue weighted by Gasteiger charge is -2.11. The summed E-state index contributed by atoms with van der Waals surface area (Å²) in [4.78, 5) is 0.0760. The minimum Gasteiger partial charge on any atom is -0.481 e. The third-order valence-corrected chi connectivity index (χ3v) is 3.81. The van der Waals surface area contributed by atoms with Crippen LogP contribution in [0.5, 0.6) is 5.75 Å². The van der Waals surface area contributed by atoms with Crippen molar-refractivity contribution in [1.82, 2.24) is 10.2 Å². The Morgan fingerprint density at radius 1 is 1.37 bits per heavy atom. The van der Waals surface area contributed by atoms with E-state index >= 15 is 0 Å². The number of hydrogen-bond donors (Lipinski definition) is 0. The van der Waals surface area contributed by atoms with Crippen LogP contribution in [0.3, 0.4) is 0 Å². The molecule has 1 heterocycles. The van der Waals surface area contributed by atoms with Crippen molar-refractivity contribution in [2.75, 3.05) is 0 Å². The van der Waals surface area contributed by atoms with Crippen LogP contribution in [0.4, 0.5) is 0 Å². The molecule has 0 amide bonds. The molecule has 0 saturated carbocycles. The van der Waals surface area contributed by atoms with Crippen molar-refractivity contribution < 1.29 is 9.15 Å². The second-order valence-electron chi connectivity index (χ2n) is 4.07. The van der Waals surface area contributed by atoms with Gasteiger partial charge in [-0.05, 0) is 31.5 Å². The quantitative estimate of drug-likeness (QED) is 0.736. The van der Waals surface area contributed by atoms with E-state index in [0.29, 0.717) is 22.6 Å². The fourth-order valence-electron chi connectivity index (χ4n) is 1.51. The number of hydrogen-bond acceptors (Lipinski definition) is 4. The monoisotopic (exact) mass is 344 g/mol. The molecule has 2 rings (SSSR count). The van der Waals surface area contributed by atoms with E-state index in [0.717, 1.165) is 6.42 Å². The van der Waals surface area contributed by atoms with Crippen LogP contribution < -0.4 is 4.74 Å². The molecule has 2 aromatic rings. The van der Waals surface area contributed by atoms with Crippen LogP contribution in [0.1, 0.15) is 43.0 Å². The molecule has 102 valence electrons. The molecule has 4 nitrogen and oxygen atoms in total. The molecule has 0 bridgehead atoms. The standard InChI is InChI=1S/C13H14BrClN2O2/c1-3-11(14)13-17-16-12(19-13)8(2)18-10-6-4-5-9(15)7-10/h4-8,11H,3H2,1-2H3. The van der Waals surface area contributed by atoms with Gasteiger partial charge in [0.2, 0.25) is 5.89 Å². The molecular weight excluding hydrogens is 332 g/mol. The van der Waals surface area contributed by atoms with Gasteiger partial charge in [0.05, 0.1) is 4.83 Å². The molecule has 0 aliphatic carbocycles. The van der Waals surface area contributed by atoms with Crippen LogP contribution in [0, 0.1) is 0 Å². The van der Waals surface area contributed by atoms with Gasteiger partial charge in [-0.3, -0.25) is 0 Å². The normalized spacial score (nSPS) is 14.1. The highest BCUT2D eigenvalue weighted by atomic mass is 79.9. The van der Waals surface area contributed by atoms with Crippen molar-refractivity contribution in [3.63, 3.8) is 0 Å². The van der Waals surface area contributed by atoms with Crippen molar-refractivity contribution in [3.8, 4) is 5.75 Å². The van der Waals surface area contributed by atoms with E-state index in [1.54, 1.807) is 12.1 Å². The third kappa shape index (κ3) is 3.70. The predicted octanol–water partition coefficient (Wildman–Crippen LogP) is 4.71. The lowest BCUT2D eigenvalue weighted by atomic mass is 10.3. The number of benzene rings is 1. The summed E-state index contributed by atoms with van der Waals surface area (Å²) in [6.45, 7) is 3.89. The molecule has 6 heteroatoms. The van der Waals surface area contributed by atoms with Crippen LogP contribution in [0.15, 0.2) is 28.7 Å². The van der Waals surface area contributed by atoms with Gasteiger partial charge in [-0.1, -0.05) is 40.5 Å². The summed E-state index contributed by atoms with van der Waals surface area (Å²) in [5.74, 6) is 1.69. The van der Waals surface area contributed by atoms with Gasteiger partial charge in [-0.25, -0.2) is 0 Å². The fourth-order valence-corrected chi connectivity index (χ4v) is 1.87. The van der Waals surface area contributed by atoms with E-state index in [4.69, 9.17) is 20.8 Å². The Hall–Kier alpha value is -1.07. The van der Waals surface area contributed by atoms with E-state index in [2.05, 4.69) is 26.1 Å². The van der Waals surface area contributed by atoms with Crippen molar-refractivity contribution in [3.05, 3.63) is 41.1 Å². The van der Waals surface area contributed by atoms with Crippen molar-refractivity contribution >= 4 is 27.5 Å². The van der Waals surface area contributed by atoms with Crippen molar-refractivity contribution in [2.24, 2.45) is 0 Å². The maximum Gasteiger partial charge on any atom is 0.256 e. The molecule has 1 aromatic carbocycles. The zero-order valence-electron chi connectivity index (χ0n) is 10.6. The first-order valence-corrected chi connectivity index (χ1v) is 7.29. The summed E-state index contributed by atoms with van der Waals surface area (Å²) >= 11 is 9.37. The second kappa shape index (κ2) is 6.39. The molecule has 0 aliphatic heterocycles. The summed E-state index contributed by atoms with van der Waals surface area (Å²) in [5, 5.41) is 8.62. The number of nitrogens with zero attached hydrogens (tertiary/aromatic N) is 2. The summed E-state index contributed by atoms with van der Waals surface area (Å²) in [6, 6.07) is 7.20. The van der Waals surface area contributed by atoms with Crippen molar-refractivity contribution in [2.45, 2.75) is 31.2 Å². The molecule has 2 atom stereocenters. The Balaban J connectivity index is 2.07. The Labute approximate surface area is 125 Å². The molecule has 0 fully saturated rings. The second-order valence-corrected chi connectivity index (χ2v) is 5.61. The van der Waals surface area contributed by atoms with Gasteiger partial charge in [0.25, 0.3) is 5.89 Å². The number of aromatic nitrogens is 2. The number of rotatable bonds is 5. The Morgan fingerprint density at radius 3 is 2.79 bits per heavy atom. The lowest BCUT2D eigenvalue weighted by molar-refractivity contribution is 0.186. The van der Waals surface area contributed by atoms with Crippen LogP contribution in [0.2, 0.25) is 5.02 Å². The van der Waals surface area contributed by atoms with Gasteiger partial charge in [0.1, 0.15) is 5.75 Å². The molecule has 0 aliphatic rings. The number of ether oxygens (including phenoxy) is 1. The van der Waals surface area contributed by atoms with Gasteiger partial charge in [0, 0.05) is 5.02 Å². The average Bonchev–Trinajstić information content (AvgIpc) is 2.87. The highest BCUT2D eigenvalue weighted by Gasteiger charge is 2.19. The van der Waals surface area contributed by atoms with Gasteiger partial charge in [-0.15, -0.1) is 10.2 Å². The van der Waals surface area contributed by atoms with Crippen LogP contribution in [-0.4, -0.2) is 10.2 Å². The van der Waals surface area contributed by atoms with E-state index < -0.39 is 0 Å². The number of halogens is 2. The summed E-state index contributed by atoms with van der Waals surface area (Å²) in [6.07, 6.45) is 0.557. The van der Waals surface area contributed by atoms with E-state index in [9.17, 15) is 0 Å². The predicted molar refractivity (Wildman–Crippen MR) is 76.8 cm³/mol. The topological polar surface area (TPSA) is 48.2 Å². The minimum absolute atomic E-state index is 0.0760. The van der Waals surface area contributed by atoms with Gasteiger partial charge >= 0.3 is 0 Å². The smallest absolute Gasteiger partial charge is 0.256 e. The zero-order valence-corrected chi connectivity index (χ0v) is 13.0. The Morgan fingerprint density at radius 2 is 2.11 bits per heavy atom. The first kappa shape index (κ1) is 14.3. The zero-order chi connectivity index (χ0) is 13.8. The van der Waals surface area contributed by atoms with E-state index in [1.165, 1.54) is 0 Å². The molecule has 19 heavy (non-hydrogen) atoms. The summed E-state index contributed by atoms with van der Waals surface area (Å²) in [7, 11) is 0. The molecule has 0 radical (unpaired) electrons. The Bertz CT molecular complexity index is 547. The van der Waals surface area contributed by atoms with Crippen LogP contribution in [0.25, 0.3) is 0 Å². The third-order valence-electron chi connectivity index (χ3n) is 2.54. The minimum atomic E-state index is -0.323. The van der Waals surface area contributed by atoms with Gasteiger partial charge in [-0.2, -0.15) is 0 Å². The van der Waals surface area contributed by atoms with E-state index in [-0.39, 0.29) is 10.9 Å². The molecule has 2 unspecified atom stereocenters. The molecule has 1 aromatic heterocycles. The van der Waals surface area contributed by atoms with Crippen LogP contribution in [-0.2, 0) is 0 Å². The first-order chi connectivity index (χ1) is 9.10. The van der Waals surface area contributed by atoms with E-state index in [1.807, 2.05) is 26.0 Å². The Kier molecular flexibility index (Phi) is 4.82. The van der Waals surface area contributed by atoms with Gasteiger partial charge < -0.3 is 9.15 Å². The molecule has 0 spiro atoms. The highest BCUT2D eigenvalue weighted by Crippen LogP contribution is 2.28. The molecular formula is C13H14BrClN2O2. The summed E-state index contributed by atoms with van der Waals surface area (Å²) in [5.41, 5.74) is 0. The van der Waals surface area contributed by atoms with Gasteiger partial charge in [0.15, 0.2) is 6.10 Å². The molecule has 0 N–H and O–H groups in total. The first-order valence-electron chi connectivity index (χ1n) is 5.99. The fraction of sp³-hybridized carbons (Fsp3) is 0.385. The molecule has 0 saturated heterocycles. The van der Waals surface area contributed by atoms with Crippen molar-refractivity contribution in [1.29, 1.82) is 0 Å². The largest absolute Gasteiger partial charge is 0.481 e. The lowest BCUT2D eigenvalue weighted by Crippen LogP contribution is -2.03. The van der Waals surface area contributed by atoms with Crippen LogP contribution >= 0.6 is 27.5 Å². The maximum atomic E-state index is 5.90. The highest BCUT2D eigenvalue weighted by molar-refractivity contribution is 9.09. The SMILES string of the molecule is CCC(Br)c1nnc(C(C)Oc2cccc(Cl)c2)o1. The summed E-state index contributed by atoms with van der Waals surface area (Å²) < 4.78 is 11.3. The number of alkyl halides is 1. The maximum absolute atomic E-state index is 5.90. The average molecular weight is 346 g/mol.